The molecule has 3 rings (SSSR count). The average molecular weight is 349 g/mol. The monoisotopic (exact) mass is 349 g/mol. The molecular weight excluding hydrogens is 318 g/mol. The van der Waals surface area contributed by atoms with Crippen LogP contribution in [0.3, 0.4) is 0 Å². The van der Waals surface area contributed by atoms with E-state index >= 15 is 0 Å². The molecule has 2 aliphatic rings. The van der Waals surface area contributed by atoms with E-state index in [0.717, 1.165) is 18.2 Å². The number of carbonyl (C=O) groups excluding carboxylic acids is 1. The van der Waals surface area contributed by atoms with Crippen LogP contribution < -0.4 is 5.32 Å². The maximum Gasteiger partial charge on any atom is 0.317 e. The van der Waals surface area contributed by atoms with Crippen LogP contribution in [0.25, 0.3) is 0 Å². The quantitative estimate of drug-likeness (QED) is 0.793. The van der Waals surface area contributed by atoms with Crippen LogP contribution in [-0.2, 0) is 6.54 Å². The number of rotatable bonds is 7. The number of piperidine rings is 2. The third kappa shape index (κ3) is 4.98. The van der Waals surface area contributed by atoms with E-state index in [2.05, 4.69) is 10.2 Å². The van der Waals surface area contributed by atoms with Crippen LogP contribution in [0.5, 0.6) is 0 Å². The summed E-state index contributed by atoms with van der Waals surface area (Å²) >= 11 is 0. The van der Waals surface area contributed by atoms with Gasteiger partial charge in [0.2, 0.25) is 0 Å². The summed E-state index contributed by atoms with van der Waals surface area (Å²) in [5, 5.41) is 12.3. The number of fused-ring (bicyclic) bond motifs is 1. The second-order valence-electron chi connectivity index (χ2n) is 7.25. The highest BCUT2D eigenvalue weighted by atomic mass is 16.3. The van der Waals surface area contributed by atoms with Crippen molar-refractivity contribution >= 4 is 6.03 Å². The molecule has 2 aliphatic heterocycles. The highest BCUT2D eigenvalue weighted by molar-refractivity contribution is 5.74. The van der Waals surface area contributed by atoms with Gasteiger partial charge in [-0.05, 0) is 63.2 Å². The summed E-state index contributed by atoms with van der Waals surface area (Å²) in [6, 6.07) is 4.25. The summed E-state index contributed by atoms with van der Waals surface area (Å²) in [6.07, 6.45) is 9.20. The van der Waals surface area contributed by atoms with Gasteiger partial charge >= 0.3 is 6.03 Å². The Kier molecular flexibility index (Phi) is 6.76. The predicted octanol–water partition coefficient (Wildman–Crippen LogP) is 2.44. The first kappa shape index (κ1) is 18.3. The van der Waals surface area contributed by atoms with Gasteiger partial charge in [-0.3, -0.25) is 0 Å². The summed E-state index contributed by atoms with van der Waals surface area (Å²) < 4.78 is 5.31. The molecule has 140 valence electrons. The Morgan fingerprint density at radius 3 is 3.00 bits per heavy atom. The van der Waals surface area contributed by atoms with Crippen molar-refractivity contribution in [2.75, 3.05) is 32.8 Å². The normalized spacial score (nSPS) is 23.9. The summed E-state index contributed by atoms with van der Waals surface area (Å²) in [5.41, 5.74) is 0. The number of hydrogen-bond acceptors (Lipinski definition) is 4. The highest BCUT2D eigenvalue weighted by Gasteiger charge is 2.32. The number of carbonyl (C=O) groups is 1. The van der Waals surface area contributed by atoms with Gasteiger partial charge in [0, 0.05) is 19.1 Å². The third-order valence-corrected chi connectivity index (χ3v) is 5.60. The molecule has 0 aromatic carbocycles. The maximum absolute atomic E-state index is 12.4. The molecule has 0 aliphatic carbocycles. The Balaban J connectivity index is 1.45. The average Bonchev–Trinajstić information content (AvgIpc) is 3.14. The van der Waals surface area contributed by atoms with Crippen molar-refractivity contribution in [2.24, 2.45) is 5.92 Å². The van der Waals surface area contributed by atoms with Crippen LogP contribution in [0, 0.1) is 5.92 Å². The standard InChI is InChI=1S/C19H31N3O3/c23-13-12-22(15-17-6-4-14-25-17)19(24)20-9-8-16-5-3-11-21-10-2-1-7-18(16)21/h4,6,14,16,18,23H,1-3,5,7-13,15H2,(H,20,24)/t16-,18+/m0/s1. The Labute approximate surface area is 150 Å². The first-order valence-corrected chi connectivity index (χ1v) is 9.68. The van der Waals surface area contributed by atoms with Crippen molar-refractivity contribution in [1.29, 1.82) is 0 Å². The van der Waals surface area contributed by atoms with Gasteiger partial charge in [0.25, 0.3) is 0 Å². The second kappa shape index (κ2) is 9.25. The number of nitrogens with zero attached hydrogens (tertiary/aromatic N) is 2. The number of nitrogens with one attached hydrogen (secondary N) is 1. The van der Waals surface area contributed by atoms with Crippen LogP contribution in [0.15, 0.2) is 22.8 Å². The summed E-state index contributed by atoms with van der Waals surface area (Å²) in [6.45, 7) is 3.86. The molecule has 0 unspecified atom stereocenters. The molecule has 3 heterocycles. The second-order valence-corrected chi connectivity index (χ2v) is 7.25. The molecule has 6 heteroatoms. The summed E-state index contributed by atoms with van der Waals surface area (Å²) in [5.74, 6) is 1.43. The Morgan fingerprint density at radius 2 is 2.20 bits per heavy atom. The number of aliphatic hydroxyl groups is 1. The number of furan rings is 1. The SMILES string of the molecule is O=C(NCC[C@@H]1CCCN2CCCC[C@H]12)N(CCO)Cc1ccco1. The van der Waals surface area contributed by atoms with Crippen LogP contribution in [0.1, 0.15) is 44.3 Å². The molecule has 0 bridgehead atoms. The number of hydrogen-bond donors (Lipinski definition) is 2. The molecule has 0 radical (unpaired) electrons. The molecule has 1 aromatic rings. The summed E-state index contributed by atoms with van der Waals surface area (Å²) in [4.78, 5) is 16.7. The lowest BCUT2D eigenvalue weighted by molar-refractivity contribution is 0.0559. The van der Waals surface area contributed by atoms with Gasteiger partial charge in [-0.1, -0.05) is 6.42 Å². The van der Waals surface area contributed by atoms with Crippen molar-refractivity contribution < 1.29 is 14.3 Å². The van der Waals surface area contributed by atoms with Crippen molar-refractivity contribution in [3.8, 4) is 0 Å². The predicted molar refractivity (Wildman–Crippen MR) is 96.2 cm³/mol. The molecule has 0 saturated carbocycles. The maximum atomic E-state index is 12.4. The van der Waals surface area contributed by atoms with Gasteiger partial charge in [0.15, 0.2) is 0 Å². The Bertz CT molecular complexity index is 518. The molecule has 6 nitrogen and oxygen atoms in total. The number of amides is 2. The van der Waals surface area contributed by atoms with Gasteiger partial charge in [0.1, 0.15) is 5.76 Å². The Hall–Kier alpha value is -1.53. The third-order valence-electron chi connectivity index (χ3n) is 5.60. The van der Waals surface area contributed by atoms with Gasteiger partial charge in [-0.2, -0.15) is 0 Å². The lowest BCUT2D eigenvalue weighted by Gasteiger charge is -2.44. The largest absolute Gasteiger partial charge is 0.467 e. The first-order chi connectivity index (χ1) is 12.3. The lowest BCUT2D eigenvalue weighted by Crippen LogP contribution is -2.49. The van der Waals surface area contributed by atoms with Gasteiger partial charge in [-0.15, -0.1) is 0 Å². The van der Waals surface area contributed by atoms with E-state index in [4.69, 9.17) is 4.42 Å². The van der Waals surface area contributed by atoms with Gasteiger partial charge in [-0.25, -0.2) is 4.79 Å². The smallest absolute Gasteiger partial charge is 0.317 e. The van der Waals surface area contributed by atoms with E-state index in [1.165, 1.54) is 45.2 Å². The molecule has 2 saturated heterocycles. The van der Waals surface area contributed by atoms with E-state index in [-0.39, 0.29) is 12.6 Å². The van der Waals surface area contributed by atoms with Crippen LogP contribution in [0.2, 0.25) is 0 Å². The molecule has 2 atom stereocenters. The molecule has 1 aromatic heterocycles. The van der Waals surface area contributed by atoms with Gasteiger partial charge in [0.05, 0.1) is 19.4 Å². The van der Waals surface area contributed by atoms with Crippen molar-refractivity contribution in [2.45, 2.75) is 51.1 Å². The molecule has 2 amide bonds. The van der Waals surface area contributed by atoms with E-state index in [1.807, 2.05) is 12.1 Å². The summed E-state index contributed by atoms with van der Waals surface area (Å²) in [7, 11) is 0. The van der Waals surface area contributed by atoms with Crippen LogP contribution in [-0.4, -0.2) is 59.8 Å². The first-order valence-electron chi connectivity index (χ1n) is 9.68. The molecule has 25 heavy (non-hydrogen) atoms. The topological polar surface area (TPSA) is 69.0 Å². The minimum Gasteiger partial charge on any atom is -0.467 e. The highest BCUT2D eigenvalue weighted by Crippen LogP contribution is 2.32. The molecule has 2 N–H and O–H groups in total. The fourth-order valence-corrected chi connectivity index (χ4v) is 4.35. The van der Waals surface area contributed by atoms with Crippen LogP contribution in [0.4, 0.5) is 4.79 Å². The fourth-order valence-electron chi connectivity index (χ4n) is 4.35. The van der Waals surface area contributed by atoms with Crippen molar-refractivity contribution in [3.05, 3.63) is 24.2 Å². The van der Waals surface area contributed by atoms with Crippen molar-refractivity contribution in [3.63, 3.8) is 0 Å². The zero-order valence-electron chi connectivity index (χ0n) is 15.0. The van der Waals surface area contributed by atoms with Crippen LogP contribution >= 0.6 is 0 Å². The van der Waals surface area contributed by atoms with E-state index in [9.17, 15) is 9.90 Å². The fraction of sp³-hybridized carbons (Fsp3) is 0.737. The van der Waals surface area contributed by atoms with E-state index in [1.54, 1.807) is 11.2 Å². The van der Waals surface area contributed by atoms with Crippen molar-refractivity contribution in [1.82, 2.24) is 15.1 Å². The van der Waals surface area contributed by atoms with E-state index in [0.29, 0.717) is 25.6 Å². The Morgan fingerprint density at radius 1 is 1.32 bits per heavy atom. The van der Waals surface area contributed by atoms with E-state index < -0.39 is 0 Å². The molecule has 2 fully saturated rings. The lowest BCUT2D eigenvalue weighted by atomic mass is 9.82. The molecule has 0 spiro atoms. The minimum atomic E-state index is -0.123. The number of aliphatic hydroxyl groups excluding tert-OH is 1. The zero-order chi connectivity index (χ0) is 17.5. The zero-order valence-corrected chi connectivity index (χ0v) is 15.0. The molecular formula is C19H31N3O3. The minimum absolute atomic E-state index is 0.0478. The van der Waals surface area contributed by atoms with Gasteiger partial charge < -0.3 is 24.6 Å². The number of urea groups is 1.